The van der Waals surface area contributed by atoms with E-state index in [4.69, 9.17) is 23.7 Å². The fourth-order valence-corrected chi connectivity index (χ4v) is 8.81. The van der Waals surface area contributed by atoms with Crippen LogP contribution >= 0.6 is 0 Å². The lowest BCUT2D eigenvalue weighted by molar-refractivity contribution is -0.290. The number of Topliss-reactive ketones (excluding diaryl/α,β-unsaturated/α-hetero) is 1. The Morgan fingerprint density at radius 2 is 1.77 bits per heavy atom. The zero-order valence-corrected chi connectivity index (χ0v) is 25.2. The first-order valence-corrected chi connectivity index (χ1v) is 14.2. The number of aliphatic hydroxyl groups is 3. The van der Waals surface area contributed by atoms with Gasteiger partial charge < -0.3 is 39.0 Å². The Morgan fingerprint density at radius 1 is 1.12 bits per heavy atom. The van der Waals surface area contributed by atoms with E-state index in [1.165, 1.54) is 13.8 Å². The summed E-state index contributed by atoms with van der Waals surface area (Å²) in [5.74, 6) is -7.48. The monoisotopic (exact) mass is 606 g/mol. The van der Waals surface area contributed by atoms with Crippen LogP contribution in [0.1, 0.15) is 54.4 Å². The van der Waals surface area contributed by atoms with Crippen molar-refractivity contribution in [2.45, 2.75) is 90.0 Å². The van der Waals surface area contributed by atoms with Gasteiger partial charge in [0.2, 0.25) is 11.7 Å². The van der Waals surface area contributed by atoms with Crippen LogP contribution in [-0.4, -0.2) is 94.3 Å². The summed E-state index contributed by atoms with van der Waals surface area (Å²) in [4.78, 5) is 64.9. The fourth-order valence-electron chi connectivity index (χ4n) is 8.81. The van der Waals surface area contributed by atoms with Gasteiger partial charge in [0.25, 0.3) is 0 Å². The molecule has 3 aliphatic carbocycles. The van der Waals surface area contributed by atoms with Gasteiger partial charge in [0, 0.05) is 30.8 Å². The lowest BCUT2D eigenvalue weighted by atomic mass is 9.38. The number of hydrogen-bond acceptors (Lipinski definition) is 13. The molecule has 236 valence electrons. The van der Waals surface area contributed by atoms with Gasteiger partial charge in [-0.15, -0.1) is 0 Å². The Morgan fingerprint density at radius 3 is 2.37 bits per heavy atom. The van der Waals surface area contributed by atoms with Crippen molar-refractivity contribution in [1.29, 1.82) is 0 Å². The van der Waals surface area contributed by atoms with E-state index >= 15 is 0 Å². The predicted molar refractivity (Wildman–Crippen MR) is 143 cm³/mol. The van der Waals surface area contributed by atoms with Gasteiger partial charge in [-0.25, -0.2) is 14.4 Å². The number of carbonyl (C=O) groups excluding carboxylic acids is 5. The number of ether oxygens (including phenoxy) is 5. The molecule has 13 nitrogen and oxygen atoms in total. The van der Waals surface area contributed by atoms with Crippen molar-refractivity contribution in [3.8, 4) is 0 Å². The standard InChI is InChI=1S/C30H38O13/c1-12(27(4,5)43-14(3)31)8-18(33)42-21-23-29-11-40-30(23,26(38)39-7)24(36)20(35)22(29)28(6)10-16(32)19(34)13(2)15(28)9-17(29)41-25(21)37/h8,15,17,20-24,34-36H,9-11H2,1-7H3/b12-8+/t15-,17+,20+,21+,22+,23+,24-,28-,29+,30-/m0/s1. The van der Waals surface area contributed by atoms with Gasteiger partial charge in [-0.2, -0.15) is 0 Å². The minimum absolute atomic E-state index is 0.123. The normalized spacial score (nSPS) is 42.0. The summed E-state index contributed by atoms with van der Waals surface area (Å²) in [7, 11) is 1.06. The van der Waals surface area contributed by atoms with Gasteiger partial charge in [0.15, 0.2) is 11.5 Å². The quantitative estimate of drug-likeness (QED) is 0.227. The van der Waals surface area contributed by atoms with Gasteiger partial charge in [-0.3, -0.25) is 9.59 Å². The van der Waals surface area contributed by atoms with Crippen molar-refractivity contribution in [3.63, 3.8) is 0 Å². The largest absolute Gasteiger partial charge is 0.504 e. The average molecular weight is 607 g/mol. The molecule has 0 radical (unpaired) electrons. The maximum absolute atomic E-state index is 13.7. The lowest BCUT2D eigenvalue weighted by Gasteiger charge is -2.67. The molecule has 0 aromatic rings. The van der Waals surface area contributed by atoms with Crippen LogP contribution in [-0.2, 0) is 47.7 Å². The molecule has 5 rings (SSSR count). The molecule has 0 aromatic carbocycles. The van der Waals surface area contributed by atoms with E-state index < -0.39 is 93.9 Å². The number of hydrogen-bond donors (Lipinski definition) is 3. The molecular weight excluding hydrogens is 568 g/mol. The summed E-state index contributed by atoms with van der Waals surface area (Å²) in [5.41, 5.74) is -5.29. The maximum Gasteiger partial charge on any atom is 0.348 e. The van der Waals surface area contributed by atoms with E-state index in [2.05, 4.69) is 0 Å². The zero-order valence-electron chi connectivity index (χ0n) is 25.2. The number of ketones is 1. The molecule has 10 atom stereocenters. The number of carbonyl (C=O) groups is 5. The molecule has 0 unspecified atom stereocenters. The molecule has 43 heavy (non-hydrogen) atoms. The highest BCUT2D eigenvalue weighted by molar-refractivity contribution is 5.95. The Labute approximate surface area is 248 Å². The molecule has 5 aliphatic rings. The number of esters is 4. The molecule has 1 spiro atoms. The Bertz CT molecular complexity index is 1360. The van der Waals surface area contributed by atoms with E-state index in [0.717, 1.165) is 13.2 Å². The first-order valence-electron chi connectivity index (χ1n) is 14.2. The van der Waals surface area contributed by atoms with Crippen molar-refractivity contribution in [2.24, 2.45) is 28.6 Å². The molecular formula is C30H38O13. The van der Waals surface area contributed by atoms with Crippen LogP contribution in [0, 0.1) is 28.6 Å². The van der Waals surface area contributed by atoms with Crippen LogP contribution in [0.2, 0.25) is 0 Å². The topological polar surface area (TPSA) is 192 Å². The van der Waals surface area contributed by atoms with Crippen molar-refractivity contribution < 1.29 is 63.0 Å². The van der Waals surface area contributed by atoms with Gasteiger partial charge in [0.05, 0.1) is 25.7 Å². The summed E-state index contributed by atoms with van der Waals surface area (Å²) >= 11 is 0. The van der Waals surface area contributed by atoms with Crippen molar-refractivity contribution in [2.75, 3.05) is 13.7 Å². The van der Waals surface area contributed by atoms with Crippen molar-refractivity contribution in [3.05, 3.63) is 23.0 Å². The van der Waals surface area contributed by atoms with Crippen molar-refractivity contribution >= 4 is 29.7 Å². The molecule has 2 saturated heterocycles. The van der Waals surface area contributed by atoms with E-state index in [0.29, 0.717) is 11.1 Å². The van der Waals surface area contributed by atoms with Gasteiger partial charge in [-0.05, 0) is 56.6 Å². The molecule has 0 amide bonds. The number of rotatable bonds is 5. The van der Waals surface area contributed by atoms with Crippen LogP contribution in [0.3, 0.4) is 0 Å². The number of aliphatic hydroxyl groups excluding tert-OH is 3. The minimum Gasteiger partial charge on any atom is -0.504 e. The van der Waals surface area contributed by atoms with E-state index in [1.807, 2.05) is 0 Å². The zero-order chi connectivity index (χ0) is 32.0. The van der Waals surface area contributed by atoms with Crippen LogP contribution in [0.5, 0.6) is 0 Å². The molecule has 0 aromatic heterocycles. The summed E-state index contributed by atoms with van der Waals surface area (Å²) in [5, 5.41) is 33.9. The Kier molecular flexibility index (Phi) is 7.14. The predicted octanol–water partition coefficient (Wildman–Crippen LogP) is 0.839. The van der Waals surface area contributed by atoms with Gasteiger partial charge in [0.1, 0.15) is 17.8 Å². The number of fused-ring (bicyclic) bond motifs is 2. The molecule has 2 heterocycles. The molecule has 4 fully saturated rings. The molecule has 2 bridgehead atoms. The van der Waals surface area contributed by atoms with E-state index in [1.54, 1.807) is 27.7 Å². The smallest absolute Gasteiger partial charge is 0.348 e. The maximum atomic E-state index is 13.7. The number of methoxy groups -OCH3 is 1. The first kappa shape index (κ1) is 31.1. The second kappa shape index (κ2) is 9.86. The number of allylic oxidation sites excluding steroid dienone is 2. The summed E-state index contributed by atoms with van der Waals surface area (Å²) in [6.07, 6.45) is -5.37. The SMILES string of the molecule is COC(=O)[C@@]12OC[C@]34[C@H]([C@@H](O)[C@@H]1O)[C@@]1(C)CC(=O)C(O)=C(C)[C@@H]1C[C@H]3OC(=O)[C@H](OC(=O)/C=C(\C)C(C)(C)OC(C)=O)[C@@H]24. The Balaban J connectivity index is 1.64. The summed E-state index contributed by atoms with van der Waals surface area (Å²) < 4.78 is 28.0. The summed E-state index contributed by atoms with van der Waals surface area (Å²) in [6.45, 7) is 8.96. The third kappa shape index (κ3) is 4.03. The van der Waals surface area contributed by atoms with E-state index in [-0.39, 0.29) is 25.2 Å². The van der Waals surface area contributed by atoms with Crippen LogP contribution in [0.25, 0.3) is 0 Å². The highest BCUT2D eigenvalue weighted by atomic mass is 16.6. The first-order chi connectivity index (χ1) is 19.9. The lowest BCUT2D eigenvalue weighted by Crippen LogP contribution is -2.79. The molecule has 2 saturated carbocycles. The fraction of sp³-hybridized carbons (Fsp3) is 0.700. The third-order valence-electron chi connectivity index (χ3n) is 10.8. The average Bonchev–Trinajstić information content (AvgIpc) is 3.21. The highest BCUT2D eigenvalue weighted by Gasteiger charge is 2.85. The summed E-state index contributed by atoms with van der Waals surface area (Å²) in [6, 6.07) is 0. The highest BCUT2D eigenvalue weighted by Crippen LogP contribution is 2.72. The van der Waals surface area contributed by atoms with Gasteiger partial charge in [-0.1, -0.05) is 6.92 Å². The second-order valence-corrected chi connectivity index (χ2v) is 13.2. The second-order valence-electron chi connectivity index (χ2n) is 13.2. The molecule has 2 aliphatic heterocycles. The van der Waals surface area contributed by atoms with Crippen molar-refractivity contribution in [1.82, 2.24) is 0 Å². The van der Waals surface area contributed by atoms with Crippen LogP contribution < -0.4 is 0 Å². The van der Waals surface area contributed by atoms with Crippen LogP contribution in [0.15, 0.2) is 23.0 Å². The Hall–Kier alpha value is -3.29. The molecule has 3 N–H and O–H groups in total. The molecule has 13 heteroatoms. The van der Waals surface area contributed by atoms with E-state index in [9.17, 15) is 39.3 Å². The minimum atomic E-state index is -2.31. The third-order valence-corrected chi connectivity index (χ3v) is 10.8. The van der Waals surface area contributed by atoms with Crippen LogP contribution in [0.4, 0.5) is 0 Å². The van der Waals surface area contributed by atoms with Gasteiger partial charge >= 0.3 is 23.9 Å².